The van der Waals surface area contributed by atoms with Gasteiger partial charge < -0.3 is 20.1 Å². The first kappa shape index (κ1) is 23.0. The van der Waals surface area contributed by atoms with E-state index in [0.717, 1.165) is 5.56 Å². The van der Waals surface area contributed by atoms with E-state index in [4.69, 9.17) is 32.7 Å². The molecule has 0 aliphatic heterocycles. The van der Waals surface area contributed by atoms with Crippen molar-refractivity contribution in [3.8, 4) is 0 Å². The van der Waals surface area contributed by atoms with Crippen molar-refractivity contribution in [1.29, 1.82) is 0 Å². The third-order valence-electron chi connectivity index (χ3n) is 3.59. The zero-order chi connectivity index (χ0) is 21.4. The summed E-state index contributed by atoms with van der Waals surface area (Å²) in [5.41, 5.74) is 0.705. The van der Waals surface area contributed by atoms with Crippen LogP contribution in [-0.2, 0) is 20.9 Å². The van der Waals surface area contributed by atoms with Gasteiger partial charge >= 0.3 is 6.09 Å². The van der Waals surface area contributed by atoms with E-state index in [1.54, 1.807) is 32.9 Å². The lowest BCUT2D eigenvalue weighted by Gasteiger charge is -2.23. The number of carbonyl (C=O) groups excluding carboxylic acids is 2. The Morgan fingerprint density at radius 1 is 1.03 bits per heavy atom. The molecule has 2 N–H and O–H groups in total. The molecule has 0 fully saturated rings. The largest absolute Gasteiger partial charge is 0.444 e. The topological polar surface area (TPSA) is 76.7 Å². The van der Waals surface area contributed by atoms with Gasteiger partial charge in [0.2, 0.25) is 5.91 Å². The second kappa shape index (κ2) is 10.5. The van der Waals surface area contributed by atoms with Gasteiger partial charge in [-0.25, -0.2) is 4.79 Å². The molecule has 0 bridgehead atoms. The number of hydrogen-bond acceptors (Lipinski definition) is 4. The highest BCUT2D eigenvalue weighted by Crippen LogP contribution is 2.25. The average molecular weight is 439 g/mol. The smallest absolute Gasteiger partial charge is 0.408 e. The highest BCUT2D eigenvalue weighted by atomic mass is 35.5. The SMILES string of the molecule is CC(C)(C)OC(=O)NC(COCc1ccccc1)C(=O)Nc1ccc(Cl)c(Cl)c1. The third kappa shape index (κ3) is 8.31. The Kier molecular flexibility index (Phi) is 8.32. The summed E-state index contributed by atoms with van der Waals surface area (Å²) in [6.45, 7) is 5.48. The summed E-state index contributed by atoms with van der Waals surface area (Å²) in [6.07, 6.45) is -0.713. The number of anilines is 1. The minimum atomic E-state index is -0.969. The Morgan fingerprint density at radius 3 is 2.34 bits per heavy atom. The van der Waals surface area contributed by atoms with Crippen molar-refractivity contribution in [1.82, 2.24) is 5.32 Å². The van der Waals surface area contributed by atoms with E-state index in [-0.39, 0.29) is 6.61 Å². The van der Waals surface area contributed by atoms with Crippen LogP contribution in [0.2, 0.25) is 10.0 Å². The quantitative estimate of drug-likeness (QED) is 0.634. The molecule has 2 amide bonds. The number of benzene rings is 2. The Morgan fingerprint density at radius 2 is 1.72 bits per heavy atom. The van der Waals surface area contributed by atoms with Crippen LogP contribution in [0.1, 0.15) is 26.3 Å². The van der Waals surface area contributed by atoms with Gasteiger partial charge in [-0.15, -0.1) is 0 Å². The zero-order valence-corrected chi connectivity index (χ0v) is 18.0. The fraction of sp³-hybridized carbons (Fsp3) is 0.333. The molecule has 2 aromatic rings. The maximum atomic E-state index is 12.7. The molecule has 0 radical (unpaired) electrons. The van der Waals surface area contributed by atoms with Crippen LogP contribution in [0.4, 0.5) is 10.5 Å². The minimum Gasteiger partial charge on any atom is -0.444 e. The molecular formula is C21H24Cl2N2O4. The summed E-state index contributed by atoms with van der Waals surface area (Å²) in [5, 5.41) is 5.92. The summed E-state index contributed by atoms with van der Waals surface area (Å²) in [7, 11) is 0. The molecule has 0 aliphatic rings. The van der Waals surface area contributed by atoms with Crippen LogP contribution < -0.4 is 10.6 Å². The van der Waals surface area contributed by atoms with E-state index in [0.29, 0.717) is 22.3 Å². The Hall–Kier alpha value is -2.28. The number of rotatable bonds is 7. The van der Waals surface area contributed by atoms with Crippen molar-refractivity contribution in [2.45, 2.75) is 39.0 Å². The first-order valence-corrected chi connectivity index (χ1v) is 9.77. The first-order chi connectivity index (χ1) is 13.6. The molecule has 0 saturated carbocycles. The van der Waals surface area contributed by atoms with Gasteiger partial charge in [-0.3, -0.25) is 4.79 Å². The Labute approximate surface area is 180 Å². The average Bonchev–Trinajstić information content (AvgIpc) is 2.63. The number of ether oxygens (including phenoxy) is 2. The summed E-state index contributed by atoms with van der Waals surface area (Å²) in [4.78, 5) is 24.9. The van der Waals surface area contributed by atoms with Crippen LogP contribution in [0.25, 0.3) is 0 Å². The normalized spacial score (nSPS) is 12.2. The highest BCUT2D eigenvalue weighted by Gasteiger charge is 2.25. The Balaban J connectivity index is 2.03. The van der Waals surface area contributed by atoms with Crippen molar-refractivity contribution < 1.29 is 19.1 Å². The molecule has 2 aromatic carbocycles. The van der Waals surface area contributed by atoms with Crippen LogP contribution in [0, 0.1) is 0 Å². The van der Waals surface area contributed by atoms with E-state index in [1.165, 1.54) is 6.07 Å². The molecule has 0 saturated heterocycles. The van der Waals surface area contributed by atoms with Crippen LogP contribution >= 0.6 is 23.2 Å². The fourth-order valence-corrected chi connectivity index (χ4v) is 2.60. The maximum Gasteiger partial charge on any atom is 0.408 e. The second-order valence-corrected chi connectivity index (χ2v) is 8.13. The molecule has 2 rings (SSSR count). The Bertz CT molecular complexity index is 838. The lowest BCUT2D eigenvalue weighted by molar-refractivity contribution is -0.119. The number of carbonyl (C=O) groups is 2. The van der Waals surface area contributed by atoms with Crippen LogP contribution in [-0.4, -0.2) is 30.3 Å². The predicted octanol–water partition coefficient (Wildman–Crippen LogP) is 5.04. The van der Waals surface area contributed by atoms with Gasteiger partial charge in [-0.1, -0.05) is 53.5 Å². The molecule has 156 valence electrons. The van der Waals surface area contributed by atoms with E-state index in [1.807, 2.05) is 30.3 Å². The summed E-state index contributed by atoms with van der Waals surface area (Å²) >= 11 is 11.9. The minimum absolute atomic E-state index is 0.0404. The maximum absolute atomic E-state index is 12.7. The molecule has 8 heteroatoms. The standard InChI is InChI=1S/C21H24Cl2N2O4/c1-21(2,3)29-20(27)25-18(13-28-12-14-7-5-4-6-8-14)19(26)24-15-9-10-16(22)17(23)11-15/h4-11,18H,12-13H2,1-3H3,(H,24,26)(H,25,27). The number of alkyl carbamates (subject to hydrolysis) is 1. The third-order valence-corrected chi connectivity index (χ3v) is 4.33. The van der Waals surface area contributed by atoms with E-state index >= 15 is 0 Å². The van der Waals surface area contributed by atoms with Crippen molar-refractivity contribution in [3.63, 3.8) is 0 Å². The van der Waals surface area contributed by atoms with Crippen LogP contribution in [0.15, 0.2) is 48.5 Å². The molecule has 29 heavy (non-hydrogen) atoms. The highest BCUT2D eigenvalue weighted by molar-refractivity contribution is 6.42. The number of nitrogens with one attached hydrogen (secondary N) is 2. The molecule has 1 atom stereocenters. The van der Waals surface area contributed by atoms with Gasteiger partial charge in [0.05, 0.1) is 23.3 Å². The first-order valence-electron chi connectivity index (χ1n) is 9.01. The molecule has 0 aliphatic carbocycles. The van der Waals surface area contributed by atoms with Gasteiger partial charge in [0, 0.05) is 5.69 Å². The zero-order valence-electron chi connectivity index (χ0n) is 16.5. The van der Waals surface area contributed by atoms with E-state index < -0.39 is 23.6 Å². The van der Waals surface area contributed by atoms with Crippen molar-refractivity contribution in [2.75, 3.05) is 11.9 Å². The van der Waals surface area contributed by atoms with Gasteiger partial charge in [0.1, 0.15) is 11.6 Å². The van der Waals surface area contributed by atoms with E-state index in [9.17, 15) is 9.59 Å². The summed E-state index contributed by atoms with van der Waals surface area (Å²) in [5.74, 6) is -0.470. The van der Waals surface area contributed by atoms with Crippen molar-refractivity contribution in [3.05, 3.63) is 64.1 Å². The molecule has 6 nitrogen and oxygen atoms in total. The van der Waals surface area contributed by atoms with Gasteiger partial charge in [0.25, 0.3) is 0 Å². The second-order valence-electron chi connectivity index (χ2n) is 7.32. The van der Waals surface area contributed by atoms with Gasteiger partial charge in [0.15, 0.2) is 0 Å². The van der Waals surface area contributed by atoms with Crippen LogP contribution in [0.3, 0.4) is 0 Å². The molecule has 1 unspecified atom stereocenters. The van der Waals surface area contributed by atoms with Crippen LogP contribution in [0.5, 0.6) is 0 Å². The number of halogens is 2. The summed E-state index contributed by atoms with van der Waals surface area (Å²) < 4.78 is 10.9. The van der Waals surface area contributed by atoms with Crippen molar-refractivity contribution in [2.24, 2.45) is 0 Å². The van der Waals surface area contributed by atoms with Gasteiger partial charge in [-0.05, 0) is 44.5 Å². The van der Waals surface area contributed by atoms with Gasteiger partial charge in [-0.2, -0.15) is 0 Å². The number of hydrogen-bond donors (Lipinski definition) is 2. The molecule has 0 aromatic heterocycles. The molecule has 0 heterocycles. The lowest BCUT2D eigenvalue weighted by atomic mass is 10.2. The predicted molar refractivity (Wildman–Crippen MR) is 114 cm³/mol. The molecule has 0 spiro atoms. The van der Waals surface area contributed by atoms with Crippen molar-refractivity contribution >= 4 is 40.9 Å². The van der Waals surface area contributed by atoms with E-state index in [2.05, 4.69) is 10.6 Å². The lowest BCUT2D eigenvalue weighted by Crippen LogP contribution is -2.48. The molecular weight excluding hydrogens is 415 g/mol. The monoisotopic (exact) mass is 438 g/mol. The summed E-state index contributed by atoms with van der Waals surface area (Å²) in [6, 6.07) is 13.3. The fourth-order valence-electron chi connectivity index (χ4n) is 2.30. The number of amides is 2.